The van der Waals surface area contributed by atoms with E-state index in [1.165, 1.54) is 22.1 Å². The highest BCUT2D eigenvalue weighted by atomic mass is 35.5. The van der Waals surface area contributed by atoms with Crippen molar-refractivity contribution in [3.63, 3.8) is 0 Å². The smallest absolute Gasteiger partial charge is 0.227 e. The van der Waals surface area contributed by atoms with Crippen LogP contribution in [0.4, 0.5) is 0 Å². The molecule has 0 bridgehead atoms. The number of halogens is 1. The Hall–Kier alpha value is -1.84. The fraction of sp³-hybridized carbons (Fsp3) is 0.211. The molecule has 0 N–H and O–H groups in total. The number of nitrogens with zero attached hydrogens (tertiary/aromatic N) is 1. The number of rotatable bonds is 5. The molecule has 0 aliphatic heterocycles. The summed E-state index contributed by atoms with van der Waals surface area (Å²) in [6.45, 7) is 3.33. The third kappa shape index (κ3) is 3.92. The van der Waals surface area contributed by atoms with Crippen molar-refractivity contribution in [2.45, 2.75) is 19.9 Å². The SMILES string of the molecule is CCN(Cc1ccc(Cl)s1)C(=O)Cc1ccc2ccccc2c1. The monoisotopic (exact) mass is 343 g/mol. The van der Waals surface area contributed by atoms with Crippen LogP contribution in [0.5, 0.6) is 0 Å². The summed E-state index contributed by atoms with van der Waals surface area (Å²) in [6.07, 6.45) is 0.428. The molecule has 1 amide bonds. The van der Waals surface area contributed by atoms with E-state index >= 15 is 0 Å². The van der Waals surface area contributed by atoms with Gasteiger partial charge in [-0.15, -0.1) is 11.3 Å². The second-order valence-electron chi connectivity index (χ2n) is 5.47. The number of likely N-dealkylation sites (N-methyl/N-ethyl adjacent to an activating group) is 1. The molecule has 23 heavy (non-hydrogen) atoms. The topological polar surface area (TPSA) is 20.3 Å². The lowest BCUT2D eigenvalue weighted by atomic mass is 10.0. The van der Waals surface area contributed by atoms with Gasteiger partial charge in [-0.3, -0.25) is 4.79 Å². The van der Waals surface area contributed by atoms with Crippen LogP contribution in [-0.2, 0) is 17.8 Å². The highest BCUT2D eigenvalue weighted by Crippen LogP contribution is 2.23. The van der Waals surface area contributed by atoms with Gasteiger partial charge in [0, 0.05) is 11.4 Å². The Kier molecular flexibility index (Phi) is 4.99. The predicted molar refractivity (Wildman–Crippen MR) is 98.1 cm³/mol. The summed E-state index contributed by atoms with van der Waals surface area (Å²) in [5.74, 6) is 0.146. The van der Waals surface area contributed by atoms with Gasteiger partial charge in [0.25, 0.3) is 0 Å². The van der Waals surface area contributed by atoms with Gasteiger partial charge in [0.15, 0.2) is 0 Å². The molecular formula is C19H18ClNOS. The molecule has 0 unspecified atom stereocenters. The van der Waals surface area contributed by atoms with Crippen molar-refractivity contribution < 1.29 is 4.79 Å². The highest BCUT2D eigenvalue weighted by molar-refractivity contribution is 7.16. The quantitative estimate of drug-likeness (QED) is 0.627. The van der Waals surface area contributed by atoms with Gasteiger partial charge in [-0.05, 0) is 35.4 Å². The van der Waals surface area contributed by atoms with Crippen molar-refractivity contribution in [2.75, 3.05) is 6.54 Å². The molecule has 0 saturated heterocycles. The molecule has 0 saturated carbocycles. The average Bonchev–Trinajstić information content (AvgIpc) is 2.97. The number of carbonyl (C=O) groups excluding carboxylic acids is 1. The minimum Gasteiger partial charge on any atom is -0.338 e. The molecule has 118 valence electrons. The first-order valence-electron chi connectivity index (χ1n) is 7.65. The number of fused-ring (bicyclic) bond motifs is 1. The molecule has 1 aromatic heterocycles. The van der Waals surface area contributed by atoms with Crippen LogP contribution in [0.2, 0.25) is 4.34 Å². The fourth-order valence-corrected chi connectivity index (χ4v) is 3.74. The second kappa shape index (κ2) is 7.16. The Morgan fingerprint density at radius 1 is 1.09 bits per heavy atom. The molecule has 0 aliphatic rings. The molecule has 3 rings (SSSR count). The van der Waals surface area contributed by atoms with Crippen molar-refractivity contribution in [1.29, 1.82) is 0 Å². The number of carbonyl (C=O) groups is 1. The van der Waals surface area contributed by atoms with Gasteiger partial charge < -0.3 is 4.90 Å². The van der Waals surface area contributed by atoms with Gasteiger partial charge in [-0.1, -0.05) is 54.1 Å². The van der Waals surface area contributed by atoms with Crippen LogP contribution >= 0.6 is 22.9 Å². The molecule has 2 aromatic carbocycles. The summed E-state index contributed by atoms with van der Waals surface area (Å²) < 4.78 is 0.762. The lowest BCUT2D eigenvalue weighted by Gasteiger charge is -2.20. The van der Waals surface area contributed by atoms with Crippen LogP contribution in [0.3, 0.4) is 0 Å². The summed E-state index contributed by atoms with van der Waals surface area (Å²) in [6, 6.07) is 18.3. The van der Waals surface area contributed by atoms with Crippen molar-refractivity contribution >= 4 is 39.6 Å². The standard InChI is InChI=1S/C19H18ClNOS/c1-2-21(13-17-9-10-18(20)23-17)19(22)12-14-7-8-15-5-3-4-6-16(15)11-14/h3-11H,2,12-13H2,1H3. The predicted octanol–water partition coefficient (Wildman–Crippen LogP) is 5.15. The van der Waals surface area contributed by atoms with E-state index < -0.39 is 0 Å². The van der Waals surface area contributed by atoms with E-state index in [1.807, 2.05) is 42.2 Å². The molecular weight excluding hydrogens is 326 g/mol. The maximum atomic E-state index is 12.6. The summed E-state index contributed by atoms with van der Waals surface area (Å²) in [4.78, 5) is 15.6. The van der Waals surface area contributed by atoms with E-state index in [0.29, 0.717) is 19.5 Å². The molecule has 0 fully saturated rings. The molecule has 3 aromatic rings. The van der Waals surface area contributed by atoms with Crippen LogP contribution < -0.4 is 0 Å². The van der Waals surface area contributed by atoms with Gasteiger partial charge in [-0.2, -0.15) is 0 Å². The van der Waals surface area contributed by atoms with E-state index in [2.05, 4.69) is 24.3 Å². The summed E-state index contributed by atoms with van der Waals surface area (Å²) >= 11 is 7.50. The number of hydrogen-bond acceptors (Lipinski definition) is 2. The van der Waals surface area contributed by atoms with Crippen LogP contribution in [0, 0.1) is 0 Å². The summed E-state index contributed by atoms with van der Waals surface area (Å²) in [5.41, 5.74) is 1.05. The second-order valence-corrected chi connectivity index (χ2v) is 7.27. The highest BCUT2D eigenvalue weighted by Gasteiger charge is 2.14. The lowest BCUT2D eigenvalue weighted by molar-refractivity contribution is -0.130. The Bertz CT molecular complexity index is 827. The lowest BCUT2D eigenvalue weighted by Crippen LogP contribution is -2.31. The summed E-state index contributed by atoms with van der Waals surface area (Å²) in [5, 5.41) is 2.37. The molecule has 0 radical (unpaired) electrons. The first kappa shape index (κ1) is 16.0. The van der Waals surface area contributed by atoms with Gasteiger partial charge >= 0.3 is 0 Å². The Morgan fingerprint density at radius 2 is 1.87 bits per heavy atom. The normalized spacial score (nSPS) is 10.9. The first-order valence-corrected chi connectivity index (χ1v) is 8.85. The van der Waals surface area contributed by atoms with Gasteiger partial charge in [0.1, 0.15) is 0 Å². The van der Waals surface area contributed by atoms with Gasteiger partial charge in [-0.25, -0.2) is 0 Å². The van der Waals surface area contributed by atoms with Crippen LogP contribution in [-0.4, -0.2) is 17.4 Å². The van der Waals surface area contributed by atoms with Crippen LogP contribution in [0.15, 0.2) is 54.6 Å². The third-order valence-electron chi connectivity index (χ3n) is 3.88. The Balaban J connectivity index is 1.72. The van der Waals surface area contributed by atoms with Crippen molar-refractivity contribution in [3.8, 4) is 0 Å². The van der Waals surface area contributed by atoms with Gasteiger partial charge in [0.05, 0.1) is 17.3 Å². The molecule has 2 nitrogen and oxygen atoms in total. The zero-order valence-electron chi connectivity index (χ0n) is 13.0. The number of benzene rings is 2. The van der Waals surface area contributed by atoms with E-state index in [4.69, 9.17) is 11.6 Å². The Morgan fingerprint density at radius 3 is 2.57 bits per heavy atom. The minimum atomic E-state index is 0.146. The maximum Gasteiger partial charge on any atom is 0.227 e. The number of hydrogen-bond donors (Lipinski definition) is 0. The third-order valence-corrected chi connectivity index (χ3v) is 5.10. The van der Waals surface area contributed by atoms with E-state index in [1.54, 1.807) is 0 Å². The number of amides is 1. The van der Waals surface area contributed by atoms with Crippen LogP contribution in [0.1, 0.15) is 17.4 Å². The Labute approximate surface area is 145 Å². The van der Waals surface area contributed by atoms with Gasteiger partial charge in [0.2, 0.25) is 5.91 Å². The zero-order valence-corrected chi connectivity index (χ0v) is 14.5. The van der Waals surface area contributed by atoms with E-state index in [9.17, 15) is 4.79 Å². The fourth-order valence-electron chi connectivity index (χ4n) is 2.64. The van der Waals surface area contributed by atoms with Crippen molar-refractivity contribution in [2.24, 2.45) is 0 Å². The molecule has 4 heteroatoms. The zero-order chi connectivity index (χ0) is 16.2. The van der Waals surface area contributed by atoms with E-state index in [0.717, 1.165) is 14.8 Å². The van der Waals surface area contributed by atoms with Crippen LogP contribution in [0.25, 0.3) is 10.8 Å². The molecule has 1 heterocycles. The average molecular weight is 344 g/mol. The van der Waals surface area contributed by atoms with Crippen molar-refractivity contribution in [1.82, 2.24) is 4.90 Å². The minimum absolute atomic E-state index is 0.146. The summed E-state index contributed by atoms with van der Waals surface area (Å²) in [7, 11) is 0. The molecule has 0 aliphatic carbocycles. The number of thiophene rings is 1. The molecule has 0 atom stereocenters. The largest absolute Gasteiger partial charge is 0.338 e. The van der Waals surface area contributed by atoms with Crippen molar-refractivity contribution in [3.05, 3.63) is 69.4 Å². The van der Waals surface area contributed by atoms with E-state index in [-0.39, 0.29) is 5.91 Å². The maximum absolute atomic E-state index is 12.6. The first-order chi connectivity index (χ1) is 11.2. The molecule has 0 spiro atoms.